The van der Waals surface area contributed by atoms with Gasteiger partial charge in [-0.25, -0.2) is 0 Å². The lowest BCUT2D eigenvalue weighted by molar-refractivity contribution is 0.0660. The molecule has 2 saturated heterocycles. The molecule has 6 heteroatoms. The van der Waals surface area contributed by atoms with Crippen LogP contribution in [0.1, 0.15) is 52.8 Å². The standard InChI is InChI=1S/C25H29ClN2O3/c26-23-7-3-2-6-22(23)25(30)28-16-12-19(13-17-28)18-31-21-10-8-20(9-11-21)24(29)27-14-4-1-5-15-27/h2-3,6-11,19H,1,4-5,12-18H2. The number of rotatable bonds is 5. The van der Waals surface area contributed by atoms with E-state index >= 15 is 0 Å². The van der Waals surface area contributed by atoms with Gasteiger partial charge in [-0.3, -0.25) is 9.59 Å². The smallest absolute Gasteiger partial charge is 0.255 e. The molecule has 2 aliphatic rings. The first-order chi connectivity index (χ1) is 15.1. The molecule has 2 fully saturated rings. The van der Waals surface area contributed by atoms with Crippen molar-refractivity contribution in [3.63, 3.8) is 0 Å². The molecule has 0 radical (unpaired) electrons. The molecule has 0 spiro atoms. The number of carbonyl (C=O) groups is 2. The molecule has 0 atom stereocenters. The summed E-state index contributed by atoms with van der Waals surface area (Å²) in [5.74, 6) is 1.30. The highest BCUT2D eigenvalue weighted by Crippen LogP contribution is 2.24. The largest absolute Gasteiger partial charge is 0.493 e. The van der Waals surface area contributed by atoms with Crippen LogP contribution in [-0.2, 0) is 0 Å². The third-order valence-corrected chi connectivity index (χ3v) is 6.57. The Morgan fingerprint density at radius 1 is 0.839 bits per heavy atom. The molecule has 0 aliphatic carbocycles. The van der Waals surface area contributed by atoms with Gasteiger partial charge in [0, 0.05) is 31.7 Å². The van der Waals surface area contributed by atoms with Crippen molar-refractivity contribution in [2.24, 2.45) is 5.92 Å². The van der Waals surface area contributed by atoms with Crippen LogP contribution in [-0.4, -0.2) is 54.4 Å². The summed E-state index contributed by atoms with van der Waals surface area (Å²) in [4.78, 5) is 29.1. The van der Waals surface area contributed by atoms with Crippen molar-refractivity contribution in [2.75, 3.05) is 32.8 Å². The van der Waals surface area contributed by atoms with Crippen molar-refractivity contribution in [2.45, 2.75) is 32.1 Å². The van der Waals surface area contributed by atoms with Crippen molar-refractivity contribution in [3.05, 3.63) is 64.7 Å². The number of nitrogens with zero attached hydrogens (tertiary/aromatic N) is 2. The Kier molecular flexibility index (Phi) is 7.13. The fourth-order valence-electron chi connectivity index (χ4n) is 4.30. The Balaban J connectivity index is 1.24. The molecule has 31 heavy (non-hydrogen) atoms. The van der Waals surface area contributed by atoms with Gasteiger partial charge in [-0.1, -0.05) is 23.7 Å². The SMILES string of the molecule is O=C(c1ccc(OCC2CCN(C(=O)c3ccccc3Cl)CC2)cc1)N1CCCCC1. The number of hydrogen-bond acceptors (Lipinski definition) is 3. The zero-order valence-corrected chi connectivity index (χ0v) is 18.5. The van der Waals surface area contributed by atoms with Crippen LogP contribution in [0, 0.1) is 5.92 Å². The van der Waals surface area contributed by atoms with Crippen molar-refractivity contribution in [1.29, 1.82) is 0 Å². The maximum Gasteiger partial charge on any atom is 0.255 e. The van der Waals surface area contributed by atoms with Gasteiger partial charge in [-0.05, 0) is 74.4 Å². The third kappa shape index (κ3) is 5.40. The van der Waals surface area contributed by atoms with Gasteiger partial charge in [-0.2, -0.15) is 0 Å². The topological polar surface area (TPSA) is 49.9 Å². The highest BCUT2D eigenvalue weighted by molar-refractivity contribution is 6.33. The van der Waals surface area contributed by atoms with Crippen molar-refractivity contribution in [1.82, 2.24) is 9.80 Å². The first kappa shape index (κ1) is 21.7. The number of amides is 2. The Labute approximate surface area is 188 Å². The van der Waals surface area contributed by atoms with Gasteiger partial charge in [0.25, 0.3) is 11.8 Å². The zero-order chi connectivity index (χ0) is 21.6. The lowest BCUT2D eigenvalue weighted by Gasteiger charge is -2.32. The molecule has 2 amide bonds. The predicted molar refractivity (Wildman–Crippen MR) is 122 cm³/mol. The van der Waals surface area contributed by atoms with Crippen LogP contribution in [0.2, 0.25) is 5.02 Å². The van der Waals surface area contributed by atoms with E-state index < -0.39 is 0 Å². The van der Waals surface area contributed by atoms with Crippen LogP contribution in [0.5, 0.6) is 5.75 Å². The van der Waals surface area contributed by atoms with Crippen LogP contribution < -0.4 is 4.74 Å². The molecule has 2 aromatic rings. The first-order valence-electron chi connectivity index (χ1n) is 11.2. The predicted octanol–water partition coefficient (Wildman–Crippen LogP) is 4.90. The highest BCUT2D eigenvalue weighted by Gasteiger charge is 2.25. The minimum atomic E-state index is -0.000991. The van der Waals surface area contributed by atoms with Crippen LogP contribution >= 0.6 is 11.6 Å². The van der Waals surface area contributed by atoms with E-state index in [0.717, 1.165) is 50.1 Å². The van der Waals surface area contributed by atoms with Gasteiger partial charge in [0.2, 0.25) is 0 Å². The molecule has 0 N–H and O–H groups in total. The third-order valence-electron chi connectivity index (χ3n) is 6.24. The van der Waals surface area contributed by atoms with Gasteiger partial charge >= 0.3 is 0 Å². The molecule has 4 rings (SSSR count). The molecular formula is C25H29ClN2O3. The highest BCUT2D eigenvalue weighted by atomic mass is 35.5. The molecule has 0 aromatic heterocycles. The van der Waals surface area contributed by atoms with E-state index in [1.807, 2.05) is 46.2 Å². The van der Waals surface area contributed by atoms with E-state index in [-0.39, 0.29) is 11.8 Å². The van der Waals surface area contributed by atoms with Crippen LogP contribution in [0.25, 0.3) is 0 Å². The molecule has 2 aromatic carbocycles. The quantitative estimate of drug-likeness (QED) is 0.664. The fraction of sp³-hybridized carbons (Fsp3) is 0.440. The Hall–Kier alpha value is -2.53. The lowest BCUT2D eigenvalue weighted by atomic mass is 9.97. The fourth-order valence-corrected chi connectivity index (χ4v) is 4.51. The maximum absolute atomic E-state index is 12.7. The van der Waals surface area contributed by atoms with Gasteiger partial charge in [0.1, 0.15) is 5.75 Å². The summed E-state index contributed by atoms with van der Waals surface area (Å²) in [5.41, 5.74) is 1.29. The molecule has 2 aliphatic heterocycles. The summed E-state index contributed by atoms with van der Waals surface area (Å²) in [6.45, 7) is 3.75. The molecular weight excluding hydrogens is 412 g/mol. The number of benzene rings is 2. The normalized spacial score (nSPS) is 17.5. The number of carbonyl (C=O) groups excluding carboxylic acids is 2. The average molecular weight is 441 g/mol. The second-order valence-electron chi connectivity index (χ2n) is 8.40. The monoisotopic (exact) mass is 440 g/mol. The first-order valence-corrected chi connectivity index (χ1v) is 11.6. The van der Waals surface area contributed by atoms with E-state index in [9.17, 15) is 9.59 Å². The summed E-state index contributed by atoms with van der Waals surface area (Å²) >= 11 is 6.17. The van der Waals surface area contributed by atoms with E-state index in [1.54, 1.807) is 12.1 Å². The van der Waals surface area contributed by atoms with Gasteiger partial charge in [-0.15, -0.1) is 0 Å². The summed E-state index contributed by atoms with van der Waals surface area (Å²) in [5, 5.41) is 0.500. The molecule has 5 nitrogen and oxygen atoms in total. The second-order valence-corrected chi connectivity index (χ2v) is 8.81. The summed E-state index contributed by atoms with van der Waals surface area (Å²) in [6.07, 6.45) is 5.21. The van der Waals surface area contributed by atoms with Crippen LogP contribution in [0.4, 0.5) is 0 Å². The minimum Gasteiger partial charge on any atom is -0.493 e. The van der Waals surface area contributed by atoms with Gasteiger partial charge < -0.3 is 14.5 Å². The van der Waals surface area contributed by atoms with E-state index in [1.165, 1.54) is 6.42 Å². The Bertz CT molecular complexity index is 901. The summed E-state index contributed by atoms with van der Waals surface area (Å²) in [6, 6.07) is 14.7. The zero-order valence-electron chi connectivity index (χ0n) is 17.8. The lowest BCUT2D eigenvalue weighted by Crippen LogP contribution is -2.39. The number of halogens is 1. The average Bonchev–Trinajstić information content (AvgIpc) is 2.83. The molecule has 0 unspecified atom stereocenters. The van der Waals surface area contributed by atoms with E-state index in [0.29, 0.717) is 36.2 Å². The number of likely N-dealkylation sites (tertiary alicyclic amines) is 2. The maximum atomic E-state index is 12.7. The van der Waals surface area contributed by atoms with E-state index in [4.69, 9.17) is 16.3 Å². The van der Waals surface area contributed by atoms with Crippen molar-refractivity contribution >= 4 is 23.4 Å². The second kappa shape index (κ2) is 10.2. The van der Waals surface area contributed by atoms with Gasteiger partial charge in [0.15, 0.2) is 0 Å². The van der Waals surface area contributed by atoms with Gasteiger partial charge in [0.05, 0.1) is 17.2 Å². The Morgan fingerprint density at radius 3 is 2.16 bits per heavy atom. The number of ether oxygens (including phenoxy) is 1. The van der Waals surface area contributed by atoms with Crippen LogP contribution in [0.15, 0.2) is 48.5 Å². The summed E-state index contributed by atoms with van der Waals surface area (Å²) in [7, 11) is 0. The summed E-state index contributed by atoms with van der Waals surface area (Å²) < 4.78 is 5.98. The van der Waals surface area contributed by atoms with Crippen molar-refractivity contribution < 1.29 is 14.3 Å². The molecule has 0 saturated carbocycles. The Morgan fingerprint density at radius 2 is 1.48 bits per heavy atom. The molecule has 164 valence electrons. The number of piperidine rings is 2. The molecule has 2 heterocycles. The van der Waals surface area contributed by atoms with Crippen LogP contribution in [0.3, 0.4) is 0 Å². The van der Waals surface area contributed by atoms with E-state index in [2.05, 4.69) is 0 Å². The number of hydrogen-bond donors (Lipinski definition) is 0. The minimum absolute atomic E-state index is 0.000991. The van der Waals surface area contributed by atoms with Crippen molar-refractivity contribution in [3.8, 4) is 5.75 Å². The molecule has 0 bridgehead atoms.